The Morgan fingerprint density at radius 1 is 1.22 bits per heavy atom. The van der Waals surface area contributed by atoms with E-state index < -0.39 is 31.1 Å². The van der Waals surface area contributed by atoms with Crippen molar-refractivity contribution >= 4 is 12.0 Å². The lowest BCUT2D eigenvalue weighted by Gasteiger charge is -2.09. The molecule has 0 aromatic carbocycles. The molecule has 2 amide bonds. The van der Waals surface area contributed by atoms with Gasteiger partial charge in [0, 0.05) is 19.5 Å². The van der Waals surface area contributed by atoms with Crippen molar-refractivity contribution in [2.24, 2.45) is 0 Å². The van der Waals surface area contributed by atoms with Crippen LogP contribution in [-0.2, 0) is 9.53 Å². The number of ether oxygens (including phenoxy) is 1. The number of hydrogen-bond donors (Lipinski definition) is 4. The second-order valence-electron chi connectivity index (χ2n) is 3.29. The van der Waals surface area contributed by atoms with Crippen LogP contribution in [-0.4, -0.2) is 61.0 Å². The number of amides is 2. The van der Waals surface area contributed by atoms with E-state index in [1.165, 1.54) is 0 Å². The molecule has 0 saturated heterocycles. The van der Waals surface area contributed by atoms with Gasteiger partial charge in [-0.05, 0) is 0 Å². The molecule has 0 rings (SSSR count). The van der Waals surface area contributed by atoms with Gasteiger partial charge in [0.15, 0.2) is 6.10 Å². The number of aliphatic hydroxyl groups excluding tert-OH is 1. The summed E-state index contributed by atoms with van der Waals surface area (Å²) < 4.78 is 27.8. The molecule has 7 nitrogen and oxygen atoms in total. The third-order valence-electron chi connectivity index (χ3n) is 1.76. The molecule has 0 heterocycles. The van der Waals surface area contributed by atoms with Gasteiger partial charge in [0.2, 0.25) is 0 Å². The molecular weight excluding hydrogens is 254 g/mol. The predicted molar refractivity (Wildman–Crippen MR) is 56.5 cm³/mol. The Hall–Kier alpha value is -1.48. The summed E-state index contributed by atoms with van der Waals surface area (Å²) in [6.07, 6.45) is -4.19. The van der Waals surface area contributed by atoms with Crippen molar-refractivity contribution < 1.29 is 33.3 Å². The van der Waals surface area contributed by atoms with Gasteiger partial charge in [-0.25, -0.2) is 18.4 Å². The summed E-state index contributed by atoms with van der Waals surface area (Å²) in [6, 6.07) is -0.590. The summed E-state index contributed by atoms with van der Waals surface area (Å²) in [5.41, 5.74) is 0. The maximum absolute atomic E-state index is 11.6. The Balaban J connectivity index is 3.41. The average Bonchev–Trinajstić information content (AvgIpc) is 2.27. The molecule has 0 fully saturated rings. The molecule has 18 heavy (non-hydrogen) atoms. The van der Waals surface area contributed by atoms with E-state index in [1.54, 1.807) is 0 Å². The van der Waals surface area contributed by atoms with Crippen LogP contribution in [0.15, 0.2) is 0 Å². The minimum atomic E-state index is -2.55. The van der Waals surface area contributed by atoms with Crippen molar-refractivity contribution in [2.45, 2.75) is 19.0 Å². The molecular formula is C9H16F2N2O5. The molecule has 9 heteroatoms. The highest BCUT2D eigenvalue weighted by molar-refractivity contribution is 5.74. The minimum Gasteiger partial charge on any atom is -0.479 e. The molecule has 0 radical (unpaired) electrons. The normalized spacial score (nSPS) is 12.2. The number of aliphatic hydroxyl groups is 1. The van der Waals surface area contributed by atoms with Crippen molar-refractivity contribution in [1.82, 2.24) is 10.6 Å². The zero-order valence-corrected chi connectivity index (χ0v) is 9.57. The summed E-state index contributed by atoms with van der Waals surface area (Å²) in [7, 11) is 0. The van der Waals surface area contributed by atoms with Crippen LogP contribution in [0.5, 0.6) is 0 Å². The van der Waals surface area contributed by atoms with E-state index >= 15 is 0 Å². The predicted octanol–water partition coefficient (Wildman–Crippen LogP) is -0.597. The van der Waals surface area contributed by atoms with Gasteiger partial charge in [-0.3, -0.25) is 0 Å². The third-order valence-corrected chi connectivity index (χ3v) is 1.76. The zero-order valence-electron chi connectivity index (χ0n) is 9.57. The summed E-state index contributed by atoms with van der Waals surface area (Å²) in [4.78, 5) is 21.3. The number of hydrogen-bond acceptors (Lipinski definition) is 4. The molecule has 0 aliphatic rings. The van der Waals surface area contributed by atoms with Gasteiger partial charge in [-0.15, -0.1) is 0 Å². The highest BCUT2D eigenvalue weighted by atomic mass is 19.3. The van der Waals surface area contributed by atoms with Crippen molar-refractivity contribution in [1.29, 1.82) is 0 Å². The molecule has 1 atom stereocenters. The lowest BCUT2D eigenvalue weighted by atomic mass is 10.2. The van der Waals surface area contributed by atoms with Gasteiger partial charge < -0.3 is 25.6 Å². The molecule has 0 aromatic rings. The van der Waals surface area contributed by atoms with E-state index in [2.05, 4.69) is 15.4 Å². The summed E-state index contributed by atoms with van der Waals surface area (Å²) in [5, 5.41) is 21.8. The Morgan fingerprint density at radius 2 is 1.83 bits per heavy atom. The Kier molecular flexibility index (Phi) is 8.76. The quantitative estimate of drug-likeness (QED) is 0.419. The first-order chi connectivity index (χ1) is 8.43. The van der Waals surface area contributed by atoms with Crippen LogP contribution in [0.3, 0.4) is 0 Å². The standard InChI is InChI=1S/C9H16F2N2O5/c10-7(11)5-18-4-3-13-9(17)12-2-1-6(14)8(15)16/h6-7,14H,1-5H2,(H,15,16)(H2,12,13,17)/t6-/m0/s1. The molecule has 0 aromatic heterocycles. The fourth-order valence-corrected chi connectivity index (χ4v) is 0.918. The maximum atomic E-state index is 11.6. The second-order valence-corrected chi connectivity index (χ2v) is 3.29. The SMILES string of the molecule is O=C(NCCOCC(F)F)NCC[C@H](O)C(=O)O. The number of nitrogens with one attached hydrogen (secondary N) is 2. The van der Waals surface area contributed by atoms with Crippen molar-refractivity contribution in [3.8, 4) is 0 Å². The van der Waals surface area contributed by atoms with Crippen molar-refractivity contribution in [3.63, 3.8) is 0 Å². The lowest BCUT2D eigenvalue weighted by Crippen LogP contribution is -2.39. The fraction of sp³-hybridized carbons (Fsp3) is 0.778. The van der Waals surface area contributed by atoms with Crippen LogP contribution in [0.25, 0.3) is 0 Å². The van der Waals surface area contributed by atoms with Gasteiger partial charge in [0.05, 0.1) is 6.61 Å². The van der Waals surface area contributed by atoms with E-state index in [0.717, 1.165) is 0 Å². The first-order valence-corrected chi connectivity index (χ1v) is 5.22. The summed E-state index contributed by atoms with van der Waals surface area (Å²) >= 11 is 0. The van der Waals surface area contributed by atoms with Crippen LogP contribution in [0.1, 0.15) is 6.42 Å². The van der Waals surface area contributed by atoms with E-state index in [-0.39, 0.29) is 26.1 Å². The maximum Gasteiger partial charge on any atom is 0.332 e. The van der Waals surface area contributed by atoms with Crippen LogP contribution in [0.2, 0.25) is 0 Å². The third kappa shape index (κ3) is 9.73. The number of carbonyl (C=O) groups is 2. The highest BCUT2D eigenvalue weighted by Gasteiger charge is 2.12. The zero-order chi connectivity index (χ0) is 14.0. The smallest absolute Gasteiger partial charge is 0.332 e. The van der Waals surface area contributed by atoms with E-state index in [0.29, 0.717) is 0 Å². The van der Waals surface area contributed by atoms with Gasteiger partial charge in [-0.2, -0.15) is 0 Å². The monoisotopic (exact) mass is 270 g/mol. The molecule has 0 spiro atoms. The van der Waals surface area contributed by atoms with Crippen LogP contribution in [0.4, 0.5) is 13.6 Å². The summed E-state index contributed by atoms with van der Waals surface area (Å²) in [6.45, 7) is -0.694. The van der Waals surface area contributed by atoms with Gasteiger partial charge >= 0.3 is 12.0 Å². The number of halogens is 2. The fourth-order valence-electron chi connectivity index (χ4n) is 0.918. The lowest BCUT2D eigenvalue weighted by molar-refractivity contribution is -0.146. The Morgan fingerprint density at radius 3 is 2.39 bits per heavy atom. The Bertz CT molecular complexity index is 265. The summed E-state index contributed by atoms with van der Waals surface area (Å²) in [5.74, 6) is -1.36. The number of carboxylic acid groups (broad SMARTS) is 1. The molecule has 106 valence electrons. The van der Waals surface area contributed by atoms with Gasteiger partial charge in [-0.1, -0.05) is 0 Å². The average molecular weight is 270 g/mol. The Labute approximate surface area is 102 Å². The number of rotatable bonds is 9. The number of aliphatic carboxylic acids is 1. The van der Waals surface area contributed by atoms with E-state index in [9.17, 15) is 18.4 Å². The molecule has 0 aliphatic carbocycles. The van der Waals surface area contributed by atoms with Crippen molar-refractivity contribution in [3.05, 3.63) is 0 Å². The number of alkyl halides is 2. The number of carboxylic acids is 1. The van der Waals surface area contributed by atoms with Crippen LogP contribution >= 0.6 is 0 Å². The van der Waals surface area contributed by atoms with E-state index in [1.807, 2.05) is 0 Å². The molecule has 0 aliphatic heterocycles. The topological polar surface area (TPSA) is 108 Å². The van der Waals surface area contributed by atoms with Gasteiger partial charge in [0.1, 0.15) is 6.61 Å². The van der Waals surface area contributed by atoms with Crippen molar-refractivity contribution in [2.75, 3.05) is 26.3 Å². The molecule has 0 bridgehead atoms. The number of carbonyl (C=O) groups excluding carboxylic acids is 1. The van der Waals surface area contributed by atoms with Crippen LogP contribution < -0.4 is 10.6 Å². The number of urea groups is 1. The van der Waals surface area contributed by atoms with Gasteiger partial charge in [0.25, 0.3) is 6.43 Å². The van der Waals surface area contributed by atoms with E-state index in [4.69, 9.17) is 10.2 Å². The molecule has 4 N–H and O–H groups in total. The largest absolute Gasteiger partial charge is 0.479 e. The molecule has 0 saturated carbocycles. The minimum absolute atomic E-state index is 0.0167. The first kappa shape index (κ1) is 16.5. The van der Waals surface area contributed by atoms with Crippen LogP contribution in [0, 0.1) is 0 Å². The first-order valence-electron chi connectivity index (χ1n) is 5.22. The highest BCUT2D eigenvalue weighted by Crippen LogP contribution is 1.91. The molecule has 0 unspecified atom stereocenters. The second kappa shape index (κ2) is 9.54.